The predicted octanol–water partition coefficient (Wildman–Crippen LogP) is 2.87. The predicted molar refractivity (Wildman–Crippen MR) is 62.4 cm³/mol. The van der Waals surface area contributed by atoms with Gasteiger partial charge in [0.05, 0.1) is 15.8 Å². The zero-order valence-corrected chi connectivity index (χ0v) is 9.88. The molecule has 0 fully saturated rings. The van der Waals surface area contributed by atoms with Crippen LogP contribution in [-0.4, -0.2) is 12.1 Å². The van der Waals surface area contributed by atoms with Crippen LogP contribution in [-0.2, 0) is 0 Å². The summed E-state index contributed by atoms with van der Waals surface area (Å²) in [5.41, 5.74) is 1.00. The first kappa shape index (κ1) is 9.12. The van der Waals surface area contributed by atoms with Gasteiger partial charge in [-0.2, -0.15) is 0 Å². The van der Waals surface area contributed by atoms with Gasteiger partial charge in [-0.3, -0.25) is 0 Å². The average molecular weight is 289 g/mol. The summed E-state index contributed by atoms with van der Waals surface area (Å²) in [4.78, 5) is 0. The molecule has 0 saturated carbocycles. The number of para-hydroxylation sites is 1. The van der Waals surface area contributed by atoms with Crippen LogP contribution in [0.5, 0.6) is 5.75 Å². The number of rotatable bonds is 0. The van der Waals surface area contributed by atoms with Crippen LogP contribution in [0, 0.1) is 3.57 Å². The first-order chi connectivity index (χ1) is 6.08. The molecule has 2 nitrogen and oxygen atoms in total. The number of hydrogen-bond donors (Lipinski definition) is 1. The minimum atomic E-state index is -0.103. The summed E-state index contributed by atoms with van der Waals surface area (Å²) in [6.07, 6.45) is 0. The van der Waals surface area contributed by atoms with Gasteiger partial charge in [0.15, 0.2) is 5.75 Å². The summed E-state index contributed by atoms with van der Waals surface area (Å²) in [5, 5.41) is 3.36. The fraction of sp³-hybridized carbons (Fsp3) is 0.400. The van der Waals surface area contributed by atoms with Crippen LogP contribution < -0.4 is 10.1 Å². The van der Waals surface area contributed by atoms with Crippen LogP contribution in [0.3, 0.4) is 0 Å². The summed E-state index contributed by atoms with van der Waals surface area (Å²) in [7, 11) is 0. The summed E-state index contributed by atoms with van der Waals surface area (Å²) in [6.45, 7) is 5.04. The summed E-state index contributed by atoms with van der Waals surface area (Å²) >= 11 is 2.29. The Morgan fingerprint density at radius 1 is 1.46 bits per heavy atom. The monoisotopic (exact) mass is 289 g/mol. The van der Waals surface area contributed by atoms with Crippen molar-refractivity contribution in [1.82, 2.24) is 0 Å². The highest BCUT2D eigenvalue weighted by Gasteiger charge is 2.27. The van der Waals surface area contributed by atoms with Crippen LogP contribution in [0.1, 0.15) is 13.8 Å². The molecule has 0 unspecified atom stereocenters. The van der Waals surface area contributed by atoms with E-state index in [1.807, 2.05) is 12.1 Å². The highest BCUT2D eigenvalue weighted by atomic mass is 127. The normalized spacial score (nSPS) is 18.4. The average Bonchev–Trinajstić information content (AvgIpc) is 2.06. The fourth-order valence-corrected chi connectivity index (χ4v) is 1.98. The van der Waals surface area contributed by atoms with E-state index in [1.54, 1.807) is 0 Å². The van der Waals surface area contributed by atoms with Crippen molar-refractivity contribution in [2.24, 2.45) is 0 Å². The maximum atomic E-state index is 5.88. The third-order valence-corrected chi connectivity index (χ3v) is 2.90. The largest absolute Gasteiger partial charge is 0.483 e. The number of nitrogens with one attached hydrogen (secondary N) is 1. The van der Waals surface area contributed by atoms with E-state index in [4.69, 9.17) is 4.74 Å². The lowest BCUT2D eigenvalue weighted by atomic mass is 10.1. The highest BCUT2D eigenvalue weighted by molar-refractivity contribution is 14.1. The SMILES string of the molecule is CC1(C)CNc2cccc(I)c2O1. The maximum absolute atomic E-state index is 5.88. The molecule has 0 saturated heterocycles. The molecule has 1 aliphatic rings. The van der Waals surface area contributed by atoms with E-state index < -0.39 is 0 Å². The van der Waals surface area contributed by atoms with E-state index in [1.165, 1.54) is 0 Å². The second-order valence-corrected chi connectivity index (χ2v) is 4.99. The van der Waals surface area contributed by atoms with E-state index in [-0.39, 0.29) is 5.60 Å². The van der Waals surface area contributed by atoms with Crippen LogP contribution in [0.2, 0.25) is 0 Å². The van der Waals surface area contributed by atoms with Crippen molar-refractivity contribution >= 4 is 28.3 Å². The topological polar surface area (TPSA) is 21.3 Å². The number of ether oxygens (including phenoxy) is 1. The van der Waals surface area contributed by atoms with Crippen molar-refractivity contribution in [2.45, 2.75) is 19.4 Å². The first-order valence-electron chi connectivity index (χ1n) is 4.30. The van der Waals surface area contributed by atoms with Gasteiger partial charge in [-0.1, -0.05) is 6.07 Å². The Hall–Kier alpha value is -0.450. The van der Waals surface area contributed by atoms with Gasteiger partial charge >= 0.3 is 0 Å². The molecule has 0 radical (unpaired) electrons. The lowest BCUT2D eigenvalue weighted by Crippen LogP contribution is -2.40. The summed E-state index contributed by atoms with van der Waals surface area (Å²) in [6, 6.07) is 6.14. The molecule has 0 amide bonds. The van der Waals surface area contributed by atoms with E-state index in [9.17, 15) is 0 Å². The van der Waals surface area contributed by atoms with Gasteiger partial charge in [0.1, 0.15) is 5.60 Å². The number of hydrogen-bond acceptors (Lipinski definition) is 2. The second kappa shape index (κ2) is 3.04. The Balaban J connectivity index is 2.44. The number of fused-ring (bicyclic) bond motifs is 1. The Morgan fingerprint density at radius 2 is 2.23 bits per heavy atom. The minimum Gasteiger partial charge on any atom is -0.483 e. The lowest BCUT2D eigenvalue weighted by molar-refractivity contribution is 0.115. The zero-order valence-electron chi connectivity index (χ0n) is 7.73. The van der Waals surface area contributed by atoms with Gasteiger partial charge in [0.25, 0.3) is 0 Å². The van der Waals surface area contributed by atoms with Gasteiger partial charge in [-0.25, -0.2) is 0 Å². The van der Waals surface area contributed by atoms with Crippen molar-refractivity contribution in [3.05, 3.63) is 21.8 Å². The highest BCUT2D eigenvalue weighted by Crippen LogP contribution is 2.36. The summed E-state index contributed by atoms with van der Waals surface area (Å²) < 4.78 is 7.04. The Kier molecular flexibility index (Phi) is 2.14. The van der Waals surface area contributed by atoms with Crippen molar-refractivity contribution in [1.29, 1.82) is 0 Å². The number of benzene rings is 1. The molecule has 0 aromatic heterocycles. The molecule has 1 aliphatic heterocycles. The van der Waals surface area contributed by atoms with Crippen LogP contribution in [0.15, 0.2) is 18.2 Å². The van der Waals surface area contributed by atoms with E-state index >= 15 is 0 Å². The third kappa shape index (κ3) is 1.75. The molecule has 70 valence electrons. The summed E-state index contributed by atoms with van der Waals surface area (Å²) in [5.74, 6) is 0.986. The van der Waals surface area contributed by atoms with E-state index in [0.717, 1.165) is 21.6 Å². The quantitative estimate of drug-likeness (QED) is 0.742. The van der Waals surface area contributed by atoms with Crippen molar-refractivity contribution < 1.29 is 4.74 Å². The second-order valence-electron chi connectivity index (χ2n) is 3.83. The molecular weight excluding hydrogens is 277 g/mol. The first-order valence-corrected chi connectivity index (χ1v) is 5.38. The maximum Gasteiger partial charge on any atom is 0.156 e. The molecule has 1 aromatic rings. The van der Waals surface area contributed by atoms with Gasteiger partial charge < -0.3 is 10.1 Å². The molecule has 3 heteroatoms. The van der Waals surface area contributed by atoms with Crippen LogP contribution >= 0.6 is 22.6 Å². The minimum absolute atomic E-state index is 0.103. The van der Waals surface area contributed by atoms with Gasteiger partial charge in [-0.05, 0) is 48.6 Å². The molecule has 0 bridgehead atoms. The van der Waals surface area contributed by atoms with E-state index in [2.05, 4.69) is 47.8 Å². The molecule has 13 heavy (non-hydrogen) atoms. The van der Waals surface area contributed by atoms with E-state index in [0.29, 0.717) is 0 Å². The molecule has 0 spiro atoms. The molecular formula is C10H12INO. The van der Waals surface area contributed by atoms with Crippen molar-refractivity contribution in [3.63, 3.8) is 0 Å². The molecule has 1 heterocycles. The third-order valence-electron chi connectivity index (χ3n) is 2.05. The van der Waals surface area contributed by atoms with Crippen LogP contribution in [0.4, 0.5) is 5.69 Å². The number of anilines is 1. The van der Waals surface area contributed by atoms with Crippen LogP contribution in [0.25, 0.3) is 0 Å². The van der Waals surface area contributed by atoms with Gasteiger partial charge in [0, 0.05) is 0 Å². The molecule has 1 N–H and O–H groups in total. The van der Waals surface area contributed by atoms with Gasteiger partial charge in [-0.15, -0.1) is 0 Å². The Bertz CT molecular complexity index is 336. The molecule has 1 aromatic carbocycles. The molecule has 2 rings (SSSR count). The fourth-order valence-electron chi connectivity index (χ4n) is 1.37. The Morgan fingerprint density at radius 3 is 3.00 bits per heavy atom. The lowest BCUT2D eigenvalue weighted by Gasteiger charge is -2.34. The zero-order chi connectivity index (χ0) is 9.47. The Labute approximate surface area is 91.8 Å². The standard InChI is InChI=1S/C10H12INO/c1-10(2)6-12-8-5-3-4-7(11)9(8)13-10/h3-5,12H,6H2,1-2H3. The smallest absolute Gasteiger partial charge is 0.156 e. The molecule has 0 aliphatic carbocycles. The van der Waals surface area contributed by atoms with Gasteiger partial charge in [0.2, 0.25) is 0 Å². The number of halogens is 1. The van der Waals surface area contributed by atoms with Crippen molar-refractivity contribution in [3.8, 4) is 5.75 Å². The molecule has 0 atom stereocenters. The van der Waals surface area contributed by atoms with Crippen molar-refractivity contribution in [2.75, 3.05) is 11.9 Å².